The lowest BCUT2D eigenvalue weighted by Gasteiger charge is -2.34. The first-order valence-electron chi connectivity index (χ1n) is 8.84. The van der Waals surface area contributed by atoms with Gasteiger partial charge >= 0.3 is 0 Å². The molecule has 1 aliphatic carbocycles. The number of morpholine rings is 1. The molecule has 3 atom stereocenters. The van der Waals surface area contributed by atoms with E-state index in [0.29, 0.717) is 24.6 Å². The molecule has 6 nitrogen and oxygen atoms in total. The summed E-state index contributed by atoms with van der Waals surface area (Å²) in [6, 6.07) is 6.34. The van der Waals surface area contributed by atoms with Crippen LogP contribution in [-0.2, 0) is 14.8 Å². The molecular weight excluding hydrogens is 340 g/mol. The van der Waals surface area contributed by atoms with E-state index < -0.39 is 10.0 Å². The second kappa shape index (κ2) is 7.05. The fraction of sp³-hybridized carbons (Fsp3) is 0.611. The van der Waals surface area contributed by atoms with Crippen molar-refractivity contribution < 1.29 is 17.9 Å². The average molecular weight is 366 g/mol. The van der Waals surface area contributed by atoms with Crippen LogP contribution in [0, 0.1) is 5.92 Å². The third kappa shape index (κ3) is 4.22. The van der Waals surface area contributed by atoms with E-state index in [1.54, 1.807) is 12.1 Å². The van der Waals surface area contributed by atoms with E-state index in [4.69, 9.17) is 4.74 Å². The van der Waals surface area contributed by atoms with E-state index in [0.717, 1.165) is 12.8 Å². The van der Waals surface area contributed by atoms with Crippen molar-refractivity contribution in [3.05, 3.63) is 29.8 Å². The Morgan fingerprint density at radius 1 is 1.16 bits per heavy atom. The summed E-state index contributed by atoms with van der Waals surface area (Å²) in [7, 11) is -3.58. The molecule has 3 rings (SSSR count). The van der Waals surface area contributed by atoms with E-state index in [9.17, 15) is 13.2 Å². The number of sulfonamides is 1. The summed E-state index contributed by atoms with van der Waals surface area (Å²) in [5.41, 5.74) is 0.482. The van der Waals surface area contributed by atoms with Gasteiger partial charge in [0.2, 0.25) is 10.0 Å². The molecule has 2 fully saturated rings. The Bertz CT molecular complexity index is 718. The fourth-order valence-electron chi connectivity index (χ4n) is 3.26. The third-order valence-corrected chi connectivity index (χ3v) is 6.67. The van der Waals surface area contributed by atoms with Gasteiger partial charge in [-0.15, -0.1) is 0 Å². The van der Waals surface area contributed by atoms with E-state index in [1.165, 1.54) is 16.4 Å². The zero-order valence-corrected chi connectivity index (χ0v) is 15.8. The average Bonchev–Trinajstić information content (AvgIpc) is 3.39. The molecule has 138 valence electrons. The molecule has 7 heteroatoms. The van der Waals surface area contributed by atoms with Gasteiger partial charge in [0.15, 0.2) is 0 Å². The number of carbonyl (C=O) groups excluding carboxylic acids is 1. The Morgan fingerprint density at radius 3 is 2.24 bits per heavy atom. The number of nitrogens with zero attached hydrogens (tertiary/aromatic N) is 1. The molecule has 2 aliphatic rings. The molecule has 1 aliphatic heterocycles. The Kier molecular flexibility index (Phi) is 5.18. The highest BCUT2D eigenvalue weighted by atomic mass is 32.2. The van der Waals surface area contributed by atoms with E-state index >= 15 is 0 Å². The van der Waals surface area contributed by atoms with Gasteiger partial charge < -0.3 is 10.1 Å². The molecule has 1 heterocycles. The number of amides is 1. The van der Waals surface area contributed by atoms with Crippen LogP contribution in [0.4, 0.5) is 0 Å². The maximum Gasteiger partial charge on any atom is 0.251 e. The van der Waals surface area contributed by atoms with Gasteiger partial charge in [-0.1, -0.05) is 0 Å². The van der Waals surface area contributed by atoms with Gasteiger partial charge in [-0.25, -0.2) is 8.42 Å². The predicted octanol–water partition coefficient (Wildman–Crippen LogP) is 2.01. The number of ether oxygens (including phenoxy) is 1. The zero-order valence-electron chi connectivity index (χ0n) is 14.9. The minimum atomic E-state index is -3.58. The number of rotatable bonds is 5. The maximum atomic E-state index is 12.8. The Labute approximate surface area is 149 Å². The van der Waals surface area contributed by atoms with Crippen molar-refractivity contribution in [3.8, 4) is 0 Å². The summed E-state index contributed by atoms with van der Waals surface area (Å²) in [5, 5.41) is 2.98. The Balaban J connectivity index is 1.71. The van der Waals surface area contributed by atoms with Crippen molar-refractivity contribution in [2.75, 3.05) is 13.1 Å². The smallest absolute Gasteiger partial charge is 0.251 e. The predicted molar refractivity (Wildman–Crippen MR) is 94.9 cm³/mol. The molecule has 1 aromatic carbocycles. The SMILES string of the molecule is CC1CN(S(=O)(=O)c2ccc(C(=O)NC(C)C3CC3)cc2)CC(C)O1. The molecular formula is C18H26N2O4S. The summed E-state index contributed by atoms with van der Waals surface area (Å²) < 4.78 is 32.7. The van der Waals surface area contributed by atoms with Gasteiger partial charge in [0, 0.05) is 24.7 Å². The molecule has 0 radical (unpaired) electrons. The van der Waals surface area contributed by atoms with Crippen LogP contribution in [0.15, 0.2) is 29.2 Å². The van der Waals surface area contributed by atoms with Gasteiger partial charge in [-0.2, -0.15) is 4.31 Å². The lowest BCUT2D eigenvalue weighted by molar-refractivity contribution is -0.0440. The summed E-state index contributed by atoms with van der Waals surface area (Å²) in [5.74, 6) is 0.422. The second-order valence-corrected chi connectivity index (χ2v) is 9.14. The lowest BCUT2D eigenvalue weighted by atomic mass is 10.1. The Morgan fingerprint density at radius 2 is 1.72 bits per heavy atom. The van der Waals surface area contributed by atoms with Crippen LogP contribution >= 0.6 is 0 Å². The fourth-order valence-corrected chi connectivity index (χ4v) is 4.85. The number of nitrogens with one attached hydrogen (secondary N) is 1. The highest BCUT2D eigenvalue weighted by Gasteiger charge is 2.32. The van der Waals surface area contributed by atoms with Gasteiger partial charge in [0.1, 0.15) is 0 Å². The monoisotopic (exact) mass is 366 g/mol. The van der Waals surface area contributed by atoms with Crippen LogP contribution in [0.1, 0.15) is 44.0 Å². The summed E-state index contributed by atoms with van der Waals surface area (Å²) >= 11 is 0. The number of hydrogen-bond acceptors (Lipinski definition) is 4. The van der Waals surface area contributed by atoms with Crippen LogP contribution in [0.3, 0.4) is 0 Å². The first-order valence-corrected chi connectivity index (χ1v) is 10.3. The molecule has 25 heavy (non-hydrogen) atoms. The van der Waals surface area contributed by atoms with Crippen molar-refractivity contribution in [1.82, 2.24) is 9.62 Å². The van der Waals surface area contributed by atoms with Crippen molar-refractivity contribution in [1.29, 1.82) is 0 Å². The van der Waals surface area contributed by atoms with Crippen LogP contribution in [-0.4, -0.2) is 50.0 Å². The molecule has 0 bridgehead atoms. The van der Waals surface area contributed by atoms with Crippen molar-refractivity contribution in [2.24, 2.45) is 5.92 Å². The third-order valence-electron chi connectivity index (χ3n) is 4.83. The molecule has 0 aromatic heterocycles. The standard InChI is InChI=1S/C18H26N2O4S/c1-12-10-20(11-13(2)24-12)25(22,23)17-8-6-16(7-9-17)18(21)19-14(3)15-4-5-15/h6-9,12-15H,4-5,10-11H2,1-3H3,(H,19,21). The topological polar surface area (TPSA) is 75.7 Å². The lowest BCUT2D eigenvalue weighted by Crippen LogP contribution is -2.48. The molecule has 1 saturated heterocycles. The molecule has 1 saturated carbocycles. The Hall–Kier alpha value is -1.44. The van der Waals surface area contributed by atoms with Gasteiger partial charge in [-0.3, -0.25) is 4.79 Å². The minimum Gasteiger partial charge on any atom is -0.373 e. The summed E-state index contributed by atoms with van der Waals surface area (Å²) in [4.78, 5) is 12.5. The van der Waals surface area contributed by atoms with Gasteiger partial charge in [0.05, 0.1) is 17.1 Å². The first kappa shape index (κ1) is 18.4. The van der Waals surface area contributed by atoms with Crippen LogP contribution in [0.2, 0.25) is 0 Å². The molecule has 1 aromatic rings. The maximum absolute atomic E-state index is 12.8. The van der Waals surface area contributed by atoms with Gasteiger partial charge in [-0.05, 0) is 63.8 Å². The van der Waals surface area contributed by atoms with Crippen LogP contribution in [0.25, 0.3) is 0 Å². The van der Waals surface area contributed by atoms with E-state index in [2.05, 4.69) is 5.32 Å². The number of carbonyl (C=O) groups is 1. The normalized spacial score (nSPS) is 26.2. The van der Waals surface area contributed by atoms with Crippen LogP contribution < -0.4 is 5.32 Å². The van der Waals surface area contributed by atoms with Crippen molar-refractivity contribution in [2.45, 2.75) is 56.8 Å². The molecule has 3 unspecified atom stereocenters. The van der Waals surface area contributed by atoms with E-state index in [-0.39, 0.29) is 29.1 Å². The molecule has 0 spiro atoms. The number of benzene rings is 1. The minimum absolute atomic E-state index is 0.132. The highest BCUT2D eigenvalue weighted by Crippen LogP contribution is 2.32. The van der Waals surface area contributed by atoms with Crippen LogP contribution in [0.5, 0.6) is 0 Å². The second-order valence-electron chi connectivity index (χ2n) is 7.20. The highest BCUT2D eigenvalue weighted by molar-refractivity contribution is 7.89. The zero-order chi connectivity index (χ0) is 18.2. The van der Waals surface area contributed by atoms with Crippen molar-refractivity contribution >= 4 is 15.9 Å². The summed E-state index contributed by atoms with van der Waals surface area (Å²) in [6.45, 7) is 6.43. The van der Waals surface area contributed by atoms with E-state index in [1.807, 2.05) is 20.8 Å². The van der Waals surface area contributed by atoms with Gasteiger partial charge in [0.25, 0.3) is 5.91 Å². The summed E-state index contributed by atoms with van der Waals surface area (Å²) in [6.07, 6.45) is 2.06. The van der Waals surface area contributed by atoms with Crippen molar-refractivity contribution in [3.63, 3.8) is 0 Å². The largest absolute Gasteiger partial charge is 0.373 e. The first-order chi connectivity index (χ1) is 11.8. The molecule has 1 N–H and O–H groups in total. The molecule has 1 amide bonds. The quantitative estimate of drug-likeness (QED) is 0.865. The number of hydrogen-bond donors (Lipinski definition) is 1.